The van der Waals surface area contributed by atoms with Crippen LogP contribution in [0.3, 0.4) is 0 Å². The lowest BCUT2D eigenvalue weighted by Gasteiger charge is -2.27. The number of aromatic nitrogens is 4. The first-order chi connectivity index (χ1) is 17.7. The van der Waals surface area contributed by atoms with Crippen molar-refractivity contribution in [3.63, 3.8) is 0 Å². The van der Waals surface area contributed by atoms with Gasteiger partial charge in [0.2, 0.25) is 0 Å². The SMILES string of the molecule is CC(C)N(C(=O)n1nnn(-c2c(F)cccc2F)c1=O)c1ccc(C(=O)O)cc1OCc1ccccc1. The maximum atomic E-state index is 14.2. The second-order valence-electron chi connectivity index (χ2n) is 8.16. The van der Waals surface area contributed by atoms with Gasteiger partial charge in [-0.05, 0) is 60.2 Å². The zero-order valence-electron chi connectivity index (χ0n) is 19.7. The van der Waals surface area contributed by atoms with Crippen LogP contribution in [0.2, 0.25) is 0 Å². The number of benzene rings is 3. The summed E-state index contributed by atoms with van der Waals surface area (Å²) in [5.74, 6) is -3.28. The number of anilines is 1. The molecule has 1 aromatic heterocycles. The Morgan fingerprint density at radius 2 is 1.68 bits per heavy atom. The minimum absolute atomic E-state index is 0.0615. The van der Waals surface area contributed by atoms with Gasteiger partial charge in [0.25, 0.3) is 0 Å². The van der Waals surface area contributed by atoms with Crippen LogP contribution < -0.4 is 15.3 Å². The summed E-state index contributed by atoms with van der Waals surface area (Å²) in [5.41, 5.74) is -1.11. The standard InChI is InChI=1S/C25H21F2N5O5/c1-15(2)30(24(35)32-25(36)31(28-29-32)22-18(26)9-6-10-19(22)27)20-12-11-17(23(33)34)13-21(20)37-14-16-7-4-3-5-8-16/h3-13,15H,14H2,1-2H3,(H,33,34). The number of aromatic carboxylic acids is 1. The van der Waals surface area contributed by atoms with Crippen molar-refractivity contribution in [2.24, 2.45) is 0 Å². The van der Waals surface area contributed by atoms with Crippen LogP contribution in [0.25, 0.3) is 5.69 Å². The van der Waals surface area contributed by atoms with Crippen molar-refractivity contribution in [2.75, 3.05) is 4.90 Å². The normalized spacial score (nSPS) is 10.9. The fourth-order valence-corrected chi connectivity index (χ4v) is 3.60. The predicted molar refractivity (Wildman–Crippen MR) is 128 cm³/mol. The first-order valence-corrected chi connectivity index (χ1v) is 11.1. The van der Waals surface area contributed by atoms with Crippen molar-refractivity contribution in [1.29, 1.82) is 0 Å². The summed E-state index contributed by atoms with van der Waals surface area (Å²) in [5, 5.41) is 16.5. The number of carboxylic acid groups (broad SMARTS) is 1. The molecular formula is C25H21F2N5O5. The number of halogens is 2. The van der Waals surface area contributed by atoms with Crippen LogP contribution >= 0.6 is 0 Å². The molecule has 0 aliphatic heterocycles. The van der Waals surface area contributed by atoms with Crippen LogP contribution in [-0.4, -0.2) is 42.9 Å². The molecule has 0 atom stereocenters. The third kappa shape index (κ3) is 5.08. The molecule has 0 saturated carbocycles. The van der Waals surface area contributed by atoms with E-state index in [9.17, 15) is 28.3 Å². The summed E-state index contributed by atoms with van der Waals surface area (Å²) >= 11 is 0. The van der Waals surface area contributed by atoms with E-state index in [0.29, 0.717) is 9.36 Å². The van der Waals surface area contributed by atoms with Gasteiger partial charge in [-0.3, -0.25) is 4.90 Å². The van der Waals surface area contributed by atoms with Crippen molar-refractivity contribution in [3.8, 4) is 11.4 Å². The first kappa shape index (κ1) is 25.2. The number of para-hydroxylation sites is 1. The number of hydrogen-bond donors (Lipinski definition) is 1. The van der Waals surface area contributed by atoms with Gasteiger partial charge in [0.05, 0.1) is 11.3 Å². The largest absolute Gasteiger partial charge is 0.487 e. The Hall–Kier alpha value is -4.87. The highest BCUT2D eigenvalue weighted by molar-refractivity contribution is 5.96. The summed E-state index contributed by atoms with van der Waals surface area (Å²) in [6.45, 7) is 3.37. The maximum Gasteiger partial charge on any atom is 0.377 e. The van der Waals surface area contributed by atoms with E-state index in [2.05, 4.69) is 10.4 Å². The first-order valence-electron chi connectivity index (χ1n) is 11.1. The third-order valence-electron chi connectivity index (χ3n) is 5.34. The van der Waals surface area contributed by atoms with E-state index >= 15 is 0 Å². The van der Waals surface area contributed by atoms with Crippen LogP contribution in [-0.2, 0) is 6.61 Å². The Kier molecular flexibility index (Phi) is 7.09. The van der Waals surface area contributed by atoms with E-state index in [-0.39, 0.29) is 23.6 Å². The van der Waals surface area contributed by atoms with E-state index < -0.39 is 41.1 Å². The minimum Gasteiger partial charge on any atom is -0.487 e. The number of rotatable bonds is 7. The molecular weight excluding hydrogens is 488 g/mol. The van der Waals surface area contributed by atoms with Crippen molar-refractivity contribution < 1.29 is 28.2 Å². The number of carboxylic acids is 1. The fraction of sp³-hybridized carbons (Fsp3) is 0.160. The summed E-state index contributed by atoms with van der Waals surface area (Å²) in [6, 6.07) is 14.4. The summed E-state index contributed by atoms with van der Waals surface area (Å²) < 4.78 is 35.0. The smallest absolute Gasteiger partial charge is 0.377 e. The molecule has 0 unspecified atom stereocenters. The van der Waals surface area contributed by atoms with E-state index in [0.717, 1.165) is 28.7 Å². The molecule has 0 aliphatic rings. The van der Waals surface area contributed by atoms with Crippen LogP contribution in [0.1, 0.15) is 29.8 Å². The van der Waals surface area contributed by atoms with Crippen molar-refractivity contribution in [3.05, 3.63) is 100.0 Å². The average Bonchev–Trinajstić information content (AvgIpc) is 3.24. The van der Waals surface area contributed by atoms with Crippen LogP contribution in [0.4, 0.5) is 19.3 Å². The van der Waals surface area contributed by atoms with Gasteiger partial charge in [-0.2, -0.15) is 4.68 Å². The monoisotopic (exact) mass is 509 g/mol. The van der Waals surface area contributed by atoms with Gasteiger partial charge in [0.15, 0.2) is 11.6 Å². The van der Waals surface area contributed by atoms with Crippen LogP contribution in [0.15, 0.2) is 71.5 Å². The Labute approximate surface area is 208 Å². The molecule has 190 valence electrons. The topological polar surface area (TPSA) is 120 Å². The lowest BCUT2D eigenvalue weighted by atomic mass is 10.1. The molecule has 4 rings (SSSR count). The average molecular weight is 509 g/mol. The maximum absolute atomic E-state index is 14.2. The molecule has 0 spiro atoms. The van der Waals surface area contributed by atoms with Gasteiger partial charge in [-0.1, -0.05) is 36.4 Å². The molecule has 0 radical (unpaired) electrons. The second-order valence-corrected chi connectivity index (χ2v) is 8.16. The van der Waals surface area contributed by atoms with Crippen LogP contribution in [0, 0.1) is 11.6 Å². The number of amides is 1. The van der Waals surface area contributed by atoms with E-state index in [4.69, 9.17) is 4.74 Å². The van der Waals surface area contributed by atoms with Crippen molar-refractivity contribution >= 4 is 17.7 Å². The number of ether oxygens (including phenoxy) is 1. The van der Waals surface area contributed by atoms with Gasteiger partial charge in [-0.15, -0.1) is 4.68 Å². The highest BCUT2D eigenvalue weighted by atomic mass is 19.1. The molecule has 0 bridgehead atoms. The molecule has 0 fully saturated rings. The lowest BCUT2D eigenvalue weighted by molar-refractivity contribution is 0.0696. The molecule has 10 nitrogen and oxygen atoms in total. The molecule has 37 heavy (non-hydrogen) atoms. The zero-order chi connectivity index (χ0) is 26.7. The second kappa shape index (κ2) is 10.4. The van der Waals surface area contributed by atoms with Gasteiger partial charge < -0.3 is 9.84 Å². The van der Waals surface area contributed by atoms with Gasteiger partial charge in [0, 0.05) is 6.04 Å². The number of tetrazole rings is 1. The summed E-state index contributed by atoms with van der Waals surface area (Å²) in [4.78, 5) is 39.1. The molecule has 0 aliphatic carbocycles. The number of carbonyl (C=O) groups is 2. The van der Waals surface area contributed by atoms with E-state index in [1.165, 1.54) is 18.2 Å². The molecule has 12 heteroatoms. The lowest BCUT2D eigenvalue weighted by Crippen LogP contribution is -2.45. The fourth-order valence-electron chi connectivity index (χ4n) is 3.60. The highest BCUT2D eigenvalue weighted by Crippen LogP contribution is 2.32. The van der Waals surface area contributed by atoms with Gasteiger partial charge in [-0.25, -0.2) is 23.2 Å². The number of carbonyl (C=O) groups excluding carboxylic acids is 1. The molecule has 1 amide bonds. The van der Waals surface area contributed by atoms with Crippen LogP contribution in [0.5, 0.6) is 5.75 Å². The highest BCUT2D eigenvalue weighted by Gasteiger charge is 2.29. The Balaban J connectivity index is 1.76. The minimum atomic E-state index is -1.20. The number of nitrogens with zero attached hydrogens (tertiary/aromatic N) is 5. The Morgan fingerprint density at radius 3 is 2.30 bits per heavy atom. The Bertz CT molecular complexity index is 1500. The van der Waals surface area contributed by atoms with E-state index in [1.807, 2.05) is 30.3 Å². The molecule has 3 aromatic carbocycles. The summed E-state index contributed by atoms with van der Waals surface area (Å²) in [6.07, 6.45) is 0. The predicted octanol–water partition coefficient (Wildman–Crippen LogP) is 3.87. The third-order valence-corrected chi connectivity index (χ3v) is 5.34. The van der Waals surface area contributed by atoms with Crippen molar-refractivity contribution in [2.45, 2.75) is 26.5 Å². The zero-order valence-corrected chi connectivity index (χ0v) is 19.7. The molecule has 1 N–H and O–H groups in total. The quantitative estimate of drug-likeness (QED) is 0.376. The summed E-state index contributed by atoms with van der Waals surface area (Å²) in [7, 11) is 0. The molecule has 4 aromatic rings. The van der Waals surface area contributed by atoms with Crippen molar-refractivity contribution in [1.82, 2.24) is 19.8 Å². The van der Waals surface area contributed by atoms with E-state index in [1.54, 1.807) is 13.8 Å². The molecule has 0 saturated heterocycles. The molecule has 1 heterocycles. The van der Waals surface area contributed by atoms with Gasteiger partial charge in [0.1, 0.15) is 18.0 Å². The Morgan fingerprint density at radius 1 is 1.00 bits per heavy atom. The van der Waals surface area contributed by atoms with Gasteiger partial charge >= 0.3 is 17.7 Å². The number of hydrogen-bond acceptors (Lipinski definition) is 6.